The van der Waals surface area contributed by atoms with Crippen LogP contribution in [0.4, 0.5) is 4.79 Å². The average molecular weight is 481 g/mol. The van der Waals surface area contributed by atoms with E-state index in [0.29, 0.717) is 25.0 Å². The molecule has 2 fully saturated rings. The van der Waals surface area contributed by atoms with Crippen molar-refractivity contribution < 1.29 is 9.53 Å². The van der Waals surface area contributed by atoms with E-state index < -0.39 is 0 Å². The van der Waals surface area contributed by atoms with E-state index in [4.69, 9.17) is 4.74 Å². The van der Waals surface area contributed by atoms with Gasteiger partial charge in [0.2, 0.25) is 0 Å². The number of amides is 1. The summed E-state index contributed by atoms with van der Waals surface area (Å²) >= 11 is 0. The van der Waals surface area contributed by atoms with Crippen molar-refractivity contribution in [3.63, 3.8) is 0 Å². The molecule has 1 saturated carbocycles. The quantitative estimate of drug-likeness (QED) is 0.331. The molecule has 1 aliphatic carbocycles. The second-order valence-electron chi connectivity index (χ2n) is 7.42. The van der Waals surface area contributed by atoms with Crippen LogP contribution in [0.1, 0.15) is 33.6 Å². The second kappa shape index (κ2) is 11.8. The lowest BCUT2D eigenvalue weighted by Crippen LogP contribution is -2.55. The van der Waals surface area contributed by atoms with Gasteiger partial charge in [0.25, 0.3) is 0 Å². The van der Waals surface area contributed by atoms with E-state index in [9.17, 15) is 4.79 Å². The van der Waals surface area contributed by atoms with Gasteiger partial charge in [-0.25, -0.2) is 4.79 Å². The molecule has 2 aliphatic rings. The van der Waals surface area contributed by atoms with Gasteiger partial charge < -0.3 is 20.3 Å². The van der Waals surface area contributed by atoms with Crippen molar-refractivity contribution in [2.24, 2.45) is 16.8 Å². The molecule has 0 aromatic carbocycles. The van der Waals surface area contributed by atoms with Gasteiger partial charge in [0.15, 0.2) is 5.96 Å². The highest BCUT2D eigenvalue weighted by Gasteiger charge is 2.33. The Morgan fingerprint density at radius 1 is 1.23 bits per heavy atom. The summed E-state index contributed by atoms with van der Waals surface area (Å²) in [5, 5.41) is 6.44. The molecule has 0 radical (unpaired) electrons. The van der Waals surface area contributed by atoms with Crippen molar-refractivity contribution >= 4 is 36.0 Å². The normalized spacial score (nSPS) is 19.7. The van der Waals surface area contributed by atoms with Crippen LogP contribution in [0, 0.1) is 11.8 Å². The number of carbonyl (C=O) groups is 1. The molecule has 1 atom stereocenters. The summed E-state index contributed by atoms with van der Waals surface area (Å²) in [6.07, 6.45) is 2.02. The van der Waals surface area contributed by atoms with Gasteiger partial charge >= 0.3 is 6.09 Å². The van der Waals surface area contributed by atoms with Crippen molar-refractivity contribution in [2.45, 2.75) is 39.7 Å². The van der Waals surface area contributed by atoms with Crippen molar-refractivity contribution in [1.29, 1.82) is 0 Å². The number of nitrogens with one attached hydrogen (secondary N) is 2. The van der Waals surface area contributed by atoms with E-state index in [2.05, 4.69) is 39.3 Å². The summed E-state index contributed by atoms with van der Waals surface area (Å²) in [5.41, 5.74) is 0. The van der Waals surface area contributed by atoms with Gasteiger partial charge in [-0.05, 0) is 31.6 Å². The summed E-state index contributed by atoms with van der Waals surface area (Å²) in [6.45, 7) is 12.7. The fourth-order valence-electron chi connectivity index (χ4n) is 3.35. The van der Waals surface area contributed by atoms with Crippen molar-refractivity contribution in [3.05, 3.63) is 0 Å². The fraction of sp³-hybridized carbons (Fsp3) is 0.889. The van der Waals surface area contributed by atoms with E-state index in [1.54, 1.807) is 0 Å². The van der Waals surface area contributed by atoms with Gasteiger partial charge in [-0.2, -0.15) is 0 Å². The number of alkyl carbamates (subject to hydrolysis) is 1. The molecule has 152 valence electrons. The van der Waals surface area contributed by atoms with Crippen molar-refractivity contribution in [2.75, 3.05) is 52.9 Å². The Morgan fingerprint density at radius 2 is 1.88 bits per heavy atom. The Bertz CT molecular complexity index is 449. The molecule has 1 amide bonds. The second-order valence-corrected chi connectivity index (χ2v) is 7.42. The maximum absolute atomic E-state index is 11.7. The topological polar surface area (TPSA) is 69.2 Å². The van der Waals surface area contributed by atoms with Crippen molar-refractivity contribution in [1.82, 2.24) is 20.4 Å². The maximum Gasteiger partial charge on any atom is 0.407 e. The standard InChI is InChI=1S/C18H35N5O2.HI/c1-5-25-18(24)21-16(15-6-7-15)12-20-17(19-4)23-10-8-22(9-11-23)13-14(2)3;/h14-16H,5-13H2,1-4H3,(H,19,20)(H,21,24);1H. The van der Waals surface area contributed by atoms with Crippen LogP contribution in [-0.2, 0) is 4.74 Å². The van der Waals surface area contributed by atoms with Crippen LogP contribution < -0.4 is 10.6 Å². The summed E-state index contributed by atoms with van der Waals surface area (Å²) in [7, 11) is 1.83. The number of hydrogen-bond donors (Lipinski definition) is 2. The first-order valence-electron chi connectivity index (χ1n) is 9.64. The van der Waals surface area contributed by atoms with Gasteiger partial charge in [-0.15, -0.1) is 24.0 Å². The summed E-state index contributed by atoms with van der Waals surface area (Å²) in [4.78, 5) is 21.0. The lowest BCUT2D eigenvalue weighted by molar-refractivity contribution is 0.146. The predicted octanol–water partition coefficient (Wildman–Crippen LogP) is 1.98. The highest BCUT2D eigenvalue weighted by Crippen LogP contribution is 2.32. The summed E-state index contributed by atoms with van der Waals surface area (Å²) in [6, 6.07) is 0.109. The number of carbonyl (C=O) groups excluding carboxylic acids is 1. The third kappa shape index (κ3) is 7.85. The van der Waals surface area contributed by atoms with Gasteiger partial charge in [0, 0.05) is 46.3 Å². The highest BCUT2D eigenvalue weighted by atomic mass is 127. The van der Waals surface area contributed by atoms with Gasteiger partial charge in [-0.1, -0.05) is 13.8 Å². The lowest BCUT2D eigenvalue weighted by Gasteiger charge is -2.37. The van der Waals surface area contributed by atoms with Crippen LogP contribution >= 0.6 is 24.0 Å². The Labute approximate surface area is 175 Å². The zero-order valence-corrected chi connectivity index (χ0v) is 19.0. The molecule has 1 unspecified atom stereocenters. The molecule has 2 rings (SSSR count). The van der Waals surface area contributed by atoms with Crippen LogP contribution in [-0.4, -0.2) is 80.8 Å². The van der Waals surface area contributed by atoms with Crippen LogP contribution in [0.5, 0.6) is 0 Å². The van der Waals surface area contributed by atoms with E-state index in [1.807, 2.05) is 14.0 Å². The molecule has 1 aliphatic heterocycles. The van der Waals surface area contributed by atoms with Gasteiger partial charge in [0.05, 0.1) is 12.6 Å². The smallest absolute Gasteiger partial charge is 0.407 e. The zero-order chi connectivity index (χ0) is 18.2. The van der Waals surface area contributed by atoms with Crippen LogP contribution in [0.15, 0.2) is 4.99 Å². The highest BCUT2D eigenvalue weighted by molar-refractivity contribution is 14.0. The molecule has 0 aromatic heterocycles. The molecular formula is C18H36IN5O2. The molecular weight excluding hydrogens is 445 g/mol. The molecule has 1 heterocycles. The SMILES string of the molecule is CCOC(=O)NC(CNC(=NC)N1CCN(CC(C)C)CC1)C1CC1.I. The monoisotopic (exact) mass is 481 g/mol. The fourth-order valence-corrected chi connectivity index (χ4v) is 3.35. The number of hydrogen-bond acceptors (Lipinski definition) is 4. The summed E-state index contributed by atoms with van der Waals surface area (Å²) < 4.78 is 5.02. The number of guanidine groups is 1. The first-order valence-corrected chi connectivity index (χ1v) is 9.64. The third-order valence-corrected chi connectivity index (χ3v) is 4.76. The first kappa shape index (κ1) is 23.3. The van der Waals surface area contributed by atoms with Gasteiger partial charge in [-0.3, -0.25) is 9.89 Å². The first-order chi connectivity index (χ1) is 12.0. The third-order valence-electron chi connectivity index (χ3n) is 4.76. The largest absolute Gasteiger partial charge is 0.450 e. The molecule has 8 heteroatoms. The van der Waals surface area contributed by atoms with Crippen molar-refractivity contribution in [3.8, 4) is 0 Å². The molecule has 7 nitrogen and oxygen atoms in total. The number of halogens is 1. The minimum Gasteiger partial charge on any atom is -0.450 e. The van der Waals surface area contributed by atoms with Crippen LogP contribution in [0.2, 0.25) is 0 Å². The molecule has 26 heavy (non-hydrogen) atoms. The number of nitrogens with zero attached hydrogens (tertiary/aromatic N) is 3. The Kier molecular flexibility index (Phi) is 10.6. The lowest BCUT2D eigenvalue weighted by atomic mass is 10.2. The van der Waals surface area contributed by atoms with Crippen LogP contribution in [0.25, 0.3) is 0 Å². The number of rotatable bonds is 7. The van der Waals surface area contributed by atoms with E-state index in [-0.39, 0.29) is 36.1 Å². The zero-order valence-electron chi connectivity index (χ0n) is 16.7. The number of ether oxygens (including phenoxy) is 1. The molecule has 0 bridgehead atoms. The molecule has 0 spiro atoms. The molecule has 1 saturated heterocycles. The number of piperazine rings is 1. The van der Waals surface area contributed by atoms with E-state index in [0.717, 1.165) is 38.7 Å². The predicted molar refractivity (Wildman–Crippen MR) is 116 cm³/mol. The van der Waals surface area contributed by atoms with E-state index >= 15 is 0 Å². The average Bonchev–Trinajstić information content (AvgIpc) is 3.40. The Hall–Kier alpha value is -0.770. The van der Waals surface area contributed by atoms with Crippen LogP contribution in [0.3, 0.4) is 0 Å². The Balaban J connectivity index is 0.00000338. The minimum absolute atomic E-state index is 0. The van der Waals surface area contributed by atoms with E-state index in [1.165, 1.54) is 12.8 Å². The molecule has 0 aromatic rings. The molecule has 2 N–H and O–H groups in total. The maximum atomic E-state index is 11.7. The number of aliphatic imine (C=N–C) groups is 1. The minimum atomic E-state index is -0.321. The Morgan fingerprint density at radius 3 is 2.38 bits per heavy atom. The van der Waals surface area contributed by atoms with Gasteiger partial charge in [0.1, 0.15) is 0 Å². The summed E-state index contributed by atoms with van der Waals surface area (Å²) in [5.74, 6) is 2.19.